The van der Waals surface area contributed by atoms with E-state index < -0.39 is 5.25 Å². The lowest BCUT2D eigenvalue weighted by Gasteiger charge is -2.18. The van der Waals surface area contributed by atoms with Crippen LogP contribution in [-0.2, 0) is 4.79 Å². The van der Waals surface area contributed by atoms with E-state index in [1.54, 1.807) is 18.4 Å². The first-order chi connectivity index (χ1) is 12.9. The van der Waals surface area contributed by atoms with Crippen LogP contribution in [0.3, 0.4) is 0 Å². The van der Waals surface area contributed by atoms with Crippen LogP contribution in [0.15, 0.2) is 46.2 Å². The minimum atomic E-state index is -0.402. The van der Waals surface area contributed by atoms with Crippen LogP contribution in [0.4, 0.5) is 5.69 Å². The average molecular weight is 385 g/mol. The smallest absolute Gasteiger partial charge is 0.237 e. The van der Waals surface area contributed by atoms with Crippen LogP contribution < -0.4 is 11.2 Å². The van der Waals surface area contributed by atoms with Crippen LogP contribution in [0, 0.1) is 6.92 Å². The Labute approximate surface area is 162 Å². The number of thioether (sulfide) groups is 1. The van der Waals surface area contributed by atoms with Crippen molar-refractivity contribution in [3.05, 3.63) is 47.7 Å². The highest BCUT2D eigenvalue weighted by Crippen LogP contribution is 2.29. The van der Waals surface area contributed by atoms with E-state index in [1.807, 2.05) is 32.0 Å². The highest BCUT2D eigenvalue weighted by molar-refractivity contribution is 8.00. The third-order valence-electron chi connectivity index (χ3n) is 4.23. The number of benzene rings is 1. The molecule has 3 aromatic rings. The maximum atomic E-state index is 12.7. The Kier molecular flexibility index (Phi) is 5.55. The number of para-hydroxylation sites is 1. The van der Waals surface area contributed by atoms with Gasteiger partial charge in [0.1, 0.15) is 0 Å². The molecule has 1 aromatic carbocycles. The maximum absolute atomic E-state index is 12.7. The molecule has 7 nitrogen and oxygen atoms in total. The van der Waals surface area contributed by atoms with Gasteiger partial charge in [0, 0.05) is 5.69 Å². The Morgan fingerprint density at radius 1 is 1.22 bits per heavy atom. The molecule has 2 aromatic heterocycles. The number of nitrogens with one attached hydrogen (secondary N) is 1. The van der Waals surface area contributed by atoms with Crippen LogP contribution >= 0.6 is 11.8 Å². The number of hydrogen-bond donors (Lipinski definition) is 2. The summed E-state index contributed by atoms with van der Waals surface area (Å²) >= 11 is 1.25. The van der Waals surface area contributed by atoms with Gasteiger partial charge in [-0.05, 0) is 43.0 Å². The Bertz CT molecular complexity index is 934. The molecule has 8 heteroatoms. The zero-order chi connectivity index (χ0) is 19.6. The van der Waals surface area contributed by atoms with Crippen LogP contribution in [0.1, 0.15) is 37.8 Å². The van der Waals surface area contributed by atoms with E-state index in [2.05, 4.69) is 29.4 Å². The summed E-state index contributed by atoms with van der Waals surface area (Å²) < 4.78 is 6.64. The van der Waals surface area contributed by atoms with E-state index in [-0.39, 0.29) is 5.91 Å². The summed E-state index contributed by atoms with van der Waals surface area (Å²) in [5.41, 5.74) is 3.02. The lowest BCUT2D eigenvalue weighted by molar-refractivity contribution is -0.115. The van der Waals surface area contributed by atoms with Gasteiger partial charge in [-0.2, -0.15) is 0 Å². The van der Waals surface area contributed by atoms with Crippen LogP contribution in [-0.4, -0.2) is 26.0 Å². The summed E-state index contributed by atoms with van der Waals surface area (Å²) in [6, 6.07) is 9.54. The maximum Gasteiger partial charge on any atom is 0.237 e. The van der Waals surface area contributed by atoms with Gasteiger partial charge < -0.3 is 15.6 Å². The first-order valence-electron chi connectivity index (χ1n) is 8.70. The van der Waals surface area contributed by atoms with Gasteiger partial charge in [-0.15, -0.1) is 10.2 Å². The molecule has 27 heavy (non-hydrogen) atoms. The van der Waals surface area contributed by atoms with Crippen molar-refractivity contribution in [2.75, 3.05) is 11.2 Å². The van der Waals surface area contributed by atoms with Gasteiger partial charge in [-0.3, -0.25) is 4.79 Å². The van der Waals surface area contributed by atoms with E-state index in [0.717, 1.165) is 16.8 Å². The first-order valence-corrected chi connectivity index (χ1v) is 9.57. The largest absolute Gasteiger partial charge is 0.461 e. The fourth-order valence-corrected chi connectivity index (χ4v) is 3.48. The number of furan rings is 1. The van der Waals surface area contributed by atoms with Crippen LogP contribution in [0.5, 0.6) is 0 Å². The van der Waals surface area contributed by atoms with Gasteiger partial charge in [0.15, 0.2) is 5.76 Å². The summed E-state index contributed by atoms with van der Waals surface area (Å²) in [6.07, 6.45) is 1.54. The van der Waals surface area contributed by atoms with Crippen molar-refractivity contribution in [2.45, 2.75) is 44.0 Å². The Morgan fingerprint density at radius 2 is 2.00 bits per heavy atom. The fourth-order valence-electron chi connectivity index (χ4n) is 2.71. The number of nitrogen functional groups attached to an aromatic ring is 1. The molecule has 142 valence electrons. The van der Waals surface area contributed by atoms with E-state index in [1.165, 1.54) is 16.4 Å². The average Bonchev–Trinajstić information content (AvgIpc) is 3.27. The summed E-state index contributed by atoms with van der Waals surface area (Å²) in [5, 5.41) is 11.2. The van der Waals surface area contributed by atoms with Crippen molar-refractivity contribution in [1.82, 2.24) is 14.9 Å². The molecule has 0 aliphatic carbocycles. The Balaban J connectivity index is 1.74. The molecule has 0 saturated heterocycles. The molecule has 3 N–H and O–H groups in total. The van der Waals surface area contributed by atoms with Gasteiger partial charge in [0.05, 0.1) is 11.5 Å². The normalized spacial score (nSPS) is 12.3. The molecule has 2 heterocycles. The van der Waals surface area contributed by atoms with E-state index >= 15 is 0 Å². The zero-order valence-corrected chi connectivity index (χ0v) is 16.6. The predicted octanol–water partition coefficient (Wildman–Crippen LogP) is 3.80. The third-order valence-corrected chi connectivity index (χ3v) is 5.29. The number of aryl methyl sites for hydroxylation is 1. The number of nitrogens with zero attached hydrogens (tertiary/aromatic N) is 3. The van der Waals surface area contributed by atoms with Crippen molar-refractivity contribution in [2.24, 2.45) is 0 Å². The fraction of sp³-hybridized carbons (Fsp3) is 0.316. The lowest BCUT2D eigenvalue weighted by atomic mass is 9.98. The number of amides is 1. The lowest BCUT2D eigenvalue weighted by Crippen LogP contribution is -2.25. The van der Waals surface area contributed by atoms with Crippen molar-refractivity contribution < 1.29 is 9.21 Å². The molecular formula is C19H23N5O2S. The predicted molar refractivity (Wildman–Crippen MR) is 107 cm³/mol. The monoisotopic (exact) mass is 385 g/mol. The topological polar surface area (TPSA) is 99.0 Å². The first kappa shape index (κ1) is 19.0. The summed E-state index contributed by atoms with van der Waals surface area (Å²) in [4.78, 5) is 12.7. The van der Waals surface area contributed by atoms with Gasteiger partial charge in [0.25, 0.3) is 0 Å². The Morgan fingerprint density at radius 3 is 2.67 bits per heavy atom. The highest BCUT2D eigenvalue weighted by Gasteiger charge is 2.22. The second-order valence-corrected chi connectivity index (χ2v) is 7.90. The quantitative estimate of drug-likeness (QED) is 0.494. The number of carbonyl (C=O) groups excluding carboxylic acids is 1. The third kappa shape index (κ3) is 4.00. The van der Waals surface area contributed by atoms with E-state index in [4.69, 9.17) is 10.3 Å². The number of aromatic nitrogens is 3. The molecule has 0 saturated carbocycles. The highest BCUT2D eigenvalue weighted by atomic mass is 32.2. The number of carbonyl (C=O) groups is 1. The van der Waals surface area contributed by atoms with Crippen LogP contribution in [0.2, 0.25) is 0 Å². The van der Waals surface area contributed by atoms with Crippen molar-refractivity contribution in [3.63, 3.8) is 0 Å². The van der Waals surface area contributed by atoms with Crippen molar-refractivity contribution in [1.29, 1.82) is 0 Å². The molecule has 0 aliphatic heterocycles. The molecule has 0 spiro atoms. The SMILES string of the molecule is Cc1cccc(C(C)C)c1NC(=O)C(C)Sc1nnc(-c2ccco2)n1N. The molecule has 0 fully saturated rings. The number of anilines is 1. The Hall–Kier alpha value is -2.74. The molecule has 1 unspecified atom stereocenters. The summed E-state index contributed by atoms with van der Waals surface area (Å²) in [6.45, 7) is 8.02. The summed E-state index contributed by atoms with van der Waals surface area (Å²) in [7, 11) is 0. The zero-order valence-electron chi connectivity index (χ0n) is 15.8. The second kappa shape index (κ2) is 7.87. The minimum Gasteiger partial charge on any atom is -0.461 e. The van der Waals surface area contributed by atoms with E-state index in [0.29, 0.717) is 22.7 Å². The van der Waals surface area contributed by atoms with Crippen molar-refractivity contribution in [3.8, 4) is 11.6 Å². The number of hydrogen-bond acceptors (Lipinski definition) is 6. The van der Waals surface area contributed by atoms with Gasteiger partial charge >= 0.3 is 0 Å². The second-order valence-electron chi connectivity index (χ2n) is 6.60. The molecule has 0 aliphatic rings. The minimum absolute atomic E-state index is 0.112. The molecule has 0 bridgehead atoms. The van der Waals surface area contributed by atoms with Crippen molar-refractivity contribution >= 4 is 23.4 Å². The standard InChI is InChI=1S/C19H23N5O2S/c1-11(2)14-8-5-7-12(3)16(14)21-18(25)13(4)27-19-23-22-17(24(19)20)15-9-6-10-26-15/h5-11,13H,20H2,1-4H3,(H,21,25). The molecule has 3 rings (SSSR count). The number of nitrogens with two attached hydrogens (primary N) is 1. The molecule has 0 radical (unpaired) electrons. The summed E-state index contributed by atoms with van der Waals surface area (Å²) in [5.74, 6) is 7.20. The van der Waals surface area contributed by atoms with Gasteiger partial charge in [-0.1, -0.05) is 43.8 Å². The van der Waals surface area contributed by atoms with Gasteiger partial charge in [0.2, 0.25) is 16.9 Å². The molecule has 1 amide bonds. The van der Waals surface area contributed by atoms with Crippen LogP contribution in [0.25, 0.3) is 11.6 Å². The molecule has 1 atom stereocenters. The number of rotatable bonds is 6. The van der Waals surface area contributed by atoms with Gasteiger partial charge in [-0.25, -0.2) is 4.68 Å². The van der Waals surface area contributed by atoms with E-state index in [9.17, 15) is 4.79 Å². The molecular weight excluding hydrogens is 362 g/mol.